The zero-order valence-electron chi connectivity index (χ0n) is 7.94. The van der Waals surface area contributed by atoms with Crippen molar-refractivity contribution in [3.05, 3.63) is 0 Å². The summed E-state index contributed by atoms with van der Waals surface area (Å²) < 4.78 is 0. The predicted octanol–water partition coefficient (Wildman–Crippen LogP) is 2.05. The molecule has 11 heavy (non-hydrogen) atoms. The minimum Gasteiger partial charge on any atom is -0.395 e. The highest BCUT2D eigenvalue weighted by molar-refractivity contribution is 5.08. The molecule has 1 N–H and O–H groups in total. The van der Waals surface area contributed by atoms with Gasteiger partial charge < -0.3 is 5.11 Å². The zero-order chi connectivity index (χ0) is 8.91. The summed E-state index contributed by atoms with van der Waals surface area (Å²) in [4.78, 5) is 0. The lowest BCUT2D eigenvalue weighted by Crippen LogP contribution is -2.21. The van der Waals surface area contributed by atoms with Crippen molar-refractivity contribution in [2.24, 2.45) is 11.3 Å². The first-order chi connectivity index (χ1) is 5.04. The summed E-state index contributed by atoms with van der Waals surface area (Å²) in [7, 11) is 0. The fourth-order valence-electron chi connectivity index (χ4n) is 1.36. The van der Waals surface area contributed by atoms with E-state index in [0.29, 0.717) is 5.92 Å². The van der Waals surface area contributed by atoms with Crippen LogP contribution in [0.15, 0.2) is 0 Å². The molecule has 0 saturated carbocycles. The average Bonchev–Trinajstić information content (AvgIpc) is 1.87. The summed E-state index contributed by atoms with van der Waals surface area (Å²) >= 11 is 0. The van der Waals surface area contributed by atoms with Gasteiger partial charge in [0, 0.05) is 0 Å². The van der Waals surface area contributed by atoms with Gasteiger partial charge in [-0.3, -0.25) is 0 Å². The number of rotatable bonds is 3. The van der Waals surface area contributed by atoms with E-state index in [-0.39, 0.29) is 12.0 Å². The van der Waals surface area contributed by atoms with Gasteiger partial charge in [0.2, 0.25) is 0 Å². The fourth-order valence-corrected chi connectivity index (χ4v) is 1.36. The van der Waals surface area contributed by atoms with Crippen LogP contribution < -0.4 is 0 Å². The number of hydrogen-bond donors (Lipinski definition) is 1. The van der Waals surface area contributed by atoms with E-state index in [1.54, 1.807) is 0 Å². The van der Waals surface area contributed by atoms with E-state index < -0.39 is 0 Å². The third kappa shape index (κ3) is 4.06. The summed E-state index contributed by atoms with van der Waals surface area (Å²) in [5.41, 5.74) is -0.192. The largest absolute Gasteiger partial charge is 0.395 e. The molecule has 0 aliphatic heterocycles. The van der Waals surface area contributed by atoms with Crippen molar-refractivity contribution in [1.29, 1.82) is 0 Å². The zero-order valence-corrected chi connectivity index (χ0v) is 7.94. The van der Waals surface area contributed by atoms with Crippen molar-refractivity contribution in [2.75, 3.05) is 6.61 Å². The molecule has 1 nitrogen and oxygen atoms in total. The number of hydrogen-bond acceptors (Lipinski definition) is 1. The van der Waals surface area contributed by atoms with E-state index in [9.17, 15) is 0 Å². The highest BCUT2D eigenvalue weighted by Crippen LogP contribution is 2.24. The van der Waals surface area contributed by atoms with Gasteiger partial charge in [0.15, 0.2) is 0 Å². The third-order valence-electron chi connectivity index (χ3n) is 1.63. The van der Waals surface area contributed by atoms with Crippen LogP contribution in [0.25, 0.3) is 0 Å². The predicted molar refractivity (Wildman–Crippen MR) is 48.1 cm³/mol. The highest BCUT2D eigenvalue weighted by atomic mass is 16.3. The summed E-state index contributed by atoms with van der Waals surface area (Å²) in [5.74, 6) is 6.49. The molecular weight excluding hydrogens is 136 g/mol. The van der Waals surface area contributed by atoms with Gasteiger partial charge in [-0.25, -0.2) is 0 Å². The minimum atomic E-state index is -0.192. The maximum atomic E-state index is 9.06. The summed E-state index contributed by atoms with van der Waals surface area (Å²) in [6.07, 6.45) is 0.963. The van der Waals surface area contributed by atoms with Gasteiger partial charge in [0.05, 0.1) is 12.0 Å². The Bertz CT molecular complexity index is 161. The number of aliphatic hydroxyl groups is 1. The normalized spacial score (nSPS) is 15.5. The molecule has 0 amide bonds. The van der Waals surface area contributed by atoms with E-state index in [1.165, 1.54) is 0 Å². The lowest BCUT2D eigenvalue weighted by atomic mass is 9.83. The topological polar surface area (TPSA) is 20.2 Å². The second-order valence-electron chi connectivity index (χ2n) is 3.69. The first-order valence-electron chi connectivity index (χ1n) is 4.09. The van der Waals surface area contributed by atoms with Gasteiger partial charge in [0.25, 0.3) is 0 Å². The van der Waals surface area contributed by atoms with Gasteiger partial charge in [-0.05, 0) is 26.2 Å². The minimum absolute atomic E-state index is 0.159. The van der Waals surface area contributed by atoms with Crippen LogP contribution in [0.1, 0.15) is 34.1 Å². The van der Waals surface area contributed by atoms with Gasteiger partial charge >= 0.3 is 0 Å². The van der Waals surface area contributed by atoms with E-state index in [0.717, 1.165) is 6.42 Å². The van der Waals surface area contributed by atoms with Crippen molar-refractivity contribution in [2.45, 2.75) is 34.1 Å². The van der Waals surface area contributed by atoms with Crippen LogP contribution in [0.4, 0.5) is 0 Å². The smallest absolute Gasteiger partial charge is 0.0594 e. The first kappa shape index (κ1) is 10.5. The van der Waals surface area contributed by atoms with Crippen LogP contribution in [-0.2, 0) is 0 Å². The van der Waals surface area contributed by atoms with Crippen molar-refractivity contribution in [3.63, 3.8) is 0 Å². The van der Waals surface area contributed by atoms with E-state index >= 15 is 0 Å². The van der Waals surface area contributed by atoms with Gasteiger partial charge in [-0.15, -0.1) is 5.92 Å². The quantitative estimate of drug-likeness (QED) is 0.617. The Morgan fingerprint density at radius 1 is 1.45 bits per heavy atom. The molecule has 64 valence electrons. The summed E-state index contributed by atoms with van der Waals surface area (Å²) in [5, 5.41) is 9.06. The van der Waals surface area contributed by atoms with Gasteiger partial charge in [-0.2, -0.15) is 0 Å². The van der Waals surface area contributed by atoms with Crippen molar-refractivity contribution in [3.8, 4) is 11.8 Å². The van der Waals surface area contributed by atoms with E-state index in [4.69, 9.17) is 5.11 Å². The summed E-state index contributed by atoms with van der Waals surface area (Å²) in [6.45, 7) is 8.26. The van der Waals surface area contributed by atoms with Crippen molar-refractivity contribution < 1.29 is 5.11 Å². The molecule has 0 aliphatic rings. The fraction of sp³-hybridized carbons (Fsp3) is 0.800. The Labute approximate surface area is 69.8 Å². The Kier molecular flexibility index (Phi) is 4.22. The van der Waals surface area contributed by atoms with Crippen LogP contribution in [0.3, 0.4) is 0 Å². The molecule has 1 atom stereocenters. The molecule has 0 aromatic heterocycles. The Balaban J connectivity index is 4.18. The molecule has 0 aromatic rings. The van der Waals surface area contributed by atoms with Crippen LogP contribution in [0.5, 0.6) is 0 Å². The maximum absolute atomic E-state index is 9.06. The standard InChI is InChI=1S/C10H18O/c1-5-6-10(4,8-11)7-9(2)3/h9,11H,7-8H2,1-4H3. The molecule has 0 aliphatic carbocycles. The average molecular weight is 154 g/mol. The molecule has 1 heteroatoms. The molecular formula is C10H18O. The lowest BCUT2D eigenvalue weighted by molar-refractivity contribution is 0.169. The Hall–Kier alpha value is -0.480. The van der Waals surface area contributed by atoms with Crippen molar-refractivity contribution in [1.82, 2.24) is 0 Å². The number of aliphatic hydroxyl groups excluding tert-OH is 1. The Morgan fingerprint density at radius 3 is 2.27 bits per heavy atom. The second kappa shape index (κ2) is 4.41. The SMILES string of the molecule is CC#CC(C)(CO)CC(C)C. The van der Waals surface area contributed by atoms with Gasteiger partial charge in [0.1, 0.15) is 0 Å². The van der Waals surface area contributed by atoms with Gasteiger partial charge in [-0.1, -0.05) is 19.8 Å². The van der Waals surface area contributed by atoms with Crippen molar-refractivity contribution >= 4 is 0 Å². The van der Waals surface area contributed by atoms with Crippen LogP contribution in [-0.4, -0.2) is 11.7 Å². The maximum Gasteiger partial charge on any atom is 0.0594 e. The molecule has 1 unspecified atom stereocenters. The molecule has 0 saturated heterocycles. The molecule has 0 spiro atoms. The molecule has 0 heterocycles. The molecule has 0 fully saturated rings. The van der Waals surface area contributed by atoms with Crippen LogP contribution in [0.2, 0.25) is 0 Å². The first-order valence-corrected chi connectivity index (χ1v) is 4.09. The molecule has 0 radical (unpaired) electrons. The van der Waals surface area contributed by atoms with E-state index in [1.807, 2.05) is 13.8 Å². The van der Waals surface area contributed by atoms with Crippen LogP contribution >= 0.6 is 0 Å². The van der Waals surface area contributed by atoms with Crippen LogP contribution in [0, 0.1) is 23.2 Å². The second-order valence-corrected chi connectivity index (χ2v) is 3.69. The monoisotopic (exact) mass is 154 g/mol. The highest BCUT2D eigenvalue weighted by Gasteiger charge is 2.21. The van der Waals surface area contributed by atoms with E-state index in [2.05, 4.69) is 25.7 Å². The third-order valence-corrected chi connectivity index (χ3v) is 1.63. The molecule has 0 bridgehead atoms. The lowest BCUT2D eigenvalue weighted by Gasteiger charge is -2.22. The molecule has 0 rings (SSSR count). The summed E-state index contributed by atoms with van der Waals surface area (Å²) in [6, 6.07) is 0. The molecule has 0 aromatic carbocycles. The Morgan fingerprint density at radius 2 is 2.00 bits per heavy atom.